The fourth-order valence-corrected chi connectivity index (χ4v) is 2.05. The topological polar surface area (TPSA) is 83.8 Å². The molecule has 1 atom stereocenters. The lowest BCUT2D eigenvalue weighted by Gasteiger charge is -2.12. The predicted molar refractivity (Wildman–Crippen MR) is 69.9 cm³/mol. The Balaban J connectivity index is 1.99. The molecule has 0 saturated heterocycles. The van der Waals surface area contributed by atoms with Crippen molar-refractivity contribution in [2.75, 3.05) is 0 Å². The van der Waals surface area contributed by atoms with Crippen LogP contribution in [0.3, 0.4) is 0 Å². The van der Waals surface area contributed by atoms with E-state index in [-0.39, 0.29) is 11.9 Å². The maximum atomic E-state index is 12.1. The lowest BCUT2D eigenvalue weighted by atomic mass is 10.1. The second-order valence-corrected chi connectivity index (χ2v) is 4.82. The molecule has 0 aromatic carbocycles. The summed E-state index contributed by atoms with van der Waals surface area (Å²) in [6.07, 6.45) is 0.680. The van der Waals surface area contributed by atoms with Gasteiger partial charge in [0.25, 0.3) is 5.91 Å². The summed E-state index contributed by atoms with van der Waals surface area (Å²) in [5, 5.41) is 13.7. The fourth-order valence-electron chi connectivity index (χ4n) is 2.05. The highest BCUT2D eigenvalue weighted by Gasteiger charge is 2.19. The molecular formula is C13H18N4O2. The van der Waals surface area contributed by atoms with E-state index in [1.165, 1.54) is 0 Å². The summed E-state index contributed by atoms with van der Waals surface area (Å²) in [5.41, 5.74) is 3.08. The minimum Gasteiger partial charge on any atom is -0.361 e. The van der Waals surface area contributed by atoms with E-state index in [0.717, 1.165) is 11.4 Å². The van der Waals surface area contributed by atoms with Crippen molar-refractivity contribution in [1.29, 1.82) is 0 Å². The van der Waals surface area contributed by atoms with E-state index in [1.807, 2.05) is 19.9 Å². The standard InChI is InChI=1S/C13H18N4O2/c1-7(5-11-6-8(2)15-16-11)14-13(18)12-9(3)17-19-10(12)4/h6-7H,5H2,1-4H3,(H,14,18)(H,15,16)/t7-/m0/s1. The number of carbonyl (C=O) groups is 1. The van der Waals surface area contributed by atoms with Crippen LogP contribution in [0.1, 0.15) is 40.1 Å². The van der Waals surface area contributed by atoms with Gasteiger partial charge in [-0.3, -0.25) is 9.89 Å². The van der Waals surface area contributed by atoms with Gasteiger partial charge in [0.05, 0.1) is 11.4 Å². The van der Waals surface area contributed by atoms with Crippen molar-refractivity contribution in [2.24, 2.45) is 0 Å². The molecule has 0 bridgehead atoms. The molecule has 0 saturated carbocycles. The van der Waals surface area contributed by atoms with Crippen molar-refractivity contribution in [3.8, 4) is 0 Å². The lowest BCUT2D eigenvalue weighted by Crippen LogP contribution is -2.34. The maximum Gasteiger partial charge on any atom is 0.257 e. The van der Waals surface area contributed by atoms with Gasteiger partial charge in [-0.05, 0) is 33.8 Å². The maximum absolute atomic E-state index is 12.1. The minimum atomic E-state index is -0.156. The molecule has 0 aliphatic carbocycles. The van der Waals surface area contributed by atoms with E-state index in [9.17, 15) is 4.79 Å². The number of aromatic nitrogens is 3. The molecule has 0 fully saturated rings. The molecule has 102 valence electrons. The van der Waals surface area contributed by atoms with Gasteiger partial charge in [0.2, 0.25) is 0 Å². The Kier molecular flexibility index (Phi) is 3.69. The highest BCUT2D eigenvalue weighted by molar-refractivity contribution is 5.96. The van der Waals surface area contributed by atoms with Crippen LogP contribution in [0.2, 0.25) is 0 Å². The smallest absolute Gasteiger partial charge is 0.257 e. The van der Waals surface area contributed by atoms with Gasteiger partial charge in [-0.1, -0.05) is 5.16 Å². The molecule has 0 spiro atoms. The van der Waals surface area contributed by atoms with E-state index in [0.29, 0.717) is 23.4 Å². The number of amides is 1. The number of nitrogens with zero attached hydrogens (tertiary/aromatic N) is 2. The molecule has 0 radical (unpaired) electrons. The van der Waals surface area contributed by atoms with Gasteiger partial charge in [0.1, 0.15) is 11.3 Å². The third-order valence-corrected chi connectivity index (χ3v) is 2.91. The van der Waals surface area contributed by atoms with Crippen LogP contribution in [0.25, 0.3) is 0 Å². The van der Waals surface area contributed by atoms with Crippen LogP contribution in [-0.4, -0.2) is 27.3 Å². The van der Waals surface area contributed by atoms with Crippen LogP contribution in [0.5, 0.6) is 0 Å². The molecule has 2 N–H and O–H groups in total. The second-order valence-electron chi connectivity index (χ2n) is 4.82. The van der Waals surface area contributed by atoms with E-state index >= 15 is 0 Å². The van der Waals surface area contributed by atoms with E-state index in [1.54, 1.807) is 13.8 Å². The lowest BCUT2D eigenvalue weighted by molar-refractivity contribution is 0.0938. The third kappa shape index (κ3) is 3.01. The zero-order valence-electron chi connectivity index (χ0n) is 11.6. The Labute approximate surface area is 111 Å². The first-order valence-electron chi connectivity index (χ1n) is 6.22. The first kappa shape index (κ1) is 13.3. The quantitative estimate of drug-likeness (QED) is 0.878. The number of rotatable bonds is 4. The summed E-state index contributed by atoms with van der Waals surface area (Å²) in [5.74, 6) is 0.383. The zero-order chi connectivity index (χ0) is 14.0. The predicted octanol–water partition coefficient (Wildman–Crippen LogP) is 1.68. The van der Waals surface area contributed by atoms with Gasteiger partial charge in [0.15, 0.2) is 0 Å². The molecule has 2 aromatic rings. The first-order valence-corrected chi connectivity index (χ1v) is 6.22. The van der Waals surface area contributed by atoms with E-state index in [4.69, 9.17) is 4.52 Å². The number of aromatic amines is 1. The summed E-state index contributed by atoms with van der Waals surface area (Å²) in [6.45, 7) is 7.38. The van der Waals surface area contributed by atoms with Crippen LogP contribution in [0.4, 0.5) is 0 Å². The van der Waals surface area contributed by atoms with Gasteiger partial charge in [-0.25, -0.2) is 0 Å². The van der Waals surface area contributed by atoms with Crippen molar-refractivity contribution in [2.45, 2.75) is 40.2 Å². The molecule has 6 heteroatoms. The number of carbonyl (C=O) groups excluding carboxylic acids is 1. The Morgan fingerprint density at radius 1 is 1.47 bits per heavy atom. The van der Waals surface area contributed by atoms with Crippen LogP contribution in [-0.2, 0) is 6.42 Å². The Hall–Kier alpha value is -2.11. The van der Waals surface area contributed by atoms with Crippen molar-refractivity contribution < 1.29 is 9.32 Å². The molecular weight excluding hydrogens is 244 g/mol. The normalized spacial score (nSPS) is 12.4. The van der Waals surface area contributed by atoms with E-state index in [2.05, 4.69) is 20.7 Å². The Bertz CT molecular complexity index is 566. The average Bonchev–Trinajstić information content (AvgIpc) is 2.85. The second kappa shape index (κ2) is 5.26. The summed E-state index contributed by atoms with van der Waals surface area (Å²) in [4.78, 5) is 12.1. The summed E-state index contributed by atoms with van der Waals surface area (Å²) in [6, 6.07) is 1.96. The Morgan fingerprint density at radius 3 is 2.74 bits per heavy atom. The molecule has 2 heterocycles. The molecule has 6 nitrogen and oxygen atoms in total. The van der Waals surface area contributed by atoms with Gasteiger partial charge >= 0.3 is 0 Å². The van der Waals surface area contributed by atoms with Crippen molar-refractivity contribution in [3.63, 3.8) is 0 Å². The average molecular weight is 262 g/mol. The molecule has 0 aliphatic heterocycles. The van der Waals surface area contributed by atoms with E-state index < -0.39 is 0 Å². The molecule has 0 unspecified atom stereocenters. The third-order valence-electron chi connectivity index (χ3n) is 2.91. The SMILES string of the molecule is Cc1cc(C[C@H](C)NC(=O)c2c(C)noc2C)n[nH]1. The van der Waals surface area contributed by atoms with Crippen LogP contribution < -0.4 is 5.32 Å². The molecule has 2 rings (SSSR count). The monoisotopic (exact) mass is 262 g/mol. The number of aryl methyl sites for hydroxylation is 3. The highest BCUT2D eigenvalue weighted by atomic mass is 16.5. The summed E-state index contributed by atoms with van der Waals surface area (Å²) < 4.78 is 4.99. The molecule has 1 amide bonds. The Morgan fingerprint density at radius 2 is 2.21 bits per heavy atom. The highest BCUT2D eigenvalue weighted by Crippen LogP contribution is 2.12. The van der Waals surface area contributed by atoms with Crippen molar-refractivity contribution >= 4 is 5.91 Å². The molecule has 19 heavy (non-hydrogen) atoms. The van der Waals surface area contributed by atoms with Crippen molar-refractivity contribution in [1.82, 2.24) is 20.7 Å². The summed E-state index contributed by atoms with van der Waals surface area (Å²) in [7, 11) is 0. The molecule has 0 aliphatic rings. The van der Waals surface area contributed by atoms with Gasteiger partial charge < -0.3 is 9.84 Å². The zero-order valence-corrected chi connectivity index (χ0v) is 11.6. The van der Waals surface area contributed by atoms with Gasteiger partial charge in [-0.15, -0.1) is 0 Å². The van der Waals surface area contributed by atoms with Crippen molar-refractivity contribution in [3.05, 3.63) is 34.5 Å². The minimum absolute atomic E-state index is 0.0103. The number of H-pyrrole nitrogens is 1. The van der Waals surface area contributed by atoms with Crippen LogP contribution >= 0.6 is 0 Å². The van der Waals surface area contributed by atoms with Crippen LogP contribution in [0, 0.1) is 20.8 Å². The van der Waals surface area contributed by atoms with Crippen LogP contribution in [0.15, 0.2) is 10.6 Å². The number of hydrogen-bond donors (Lipinski definition) is 2. The van der Waals surface area contributed by atoms with Gasteiger partial charge in [0, 0.05) is 18.2 Å². The number of hydrogen-bond acceptors (Lipinski definition) is 4. The first-order chi connectivity index (χ1) is 8.97. The van der Waals surface area contributed by atoms with Gasteiger partial charge in [-0.2, -0.15) is 5.10 Å². The molecule has 2 aromatic heterocycles. The number of nitrogens with one attached hydrogen (secondary N) is 2. The largest absolute Gasteiger partial charge is 0.361 e. The summed E-state index contributed by atoms with van der Waals surface area (Å²) >= 11 is 0. The fraction of sp³-hybridized carbons (Fsp3) is 0.462.